The number of carbonyl (C=O) groups is 1. The Morgan fingerprint density at radius 3 is 2.38 bits per heavy atom. The van der Waals surface area contributed by atoms with E-state index < -0.39 is 0 Å². The van der Waals surface area contributed by atoms with Gasteiger partial charge in [-0.25, -0.2) is 4.79 Å². The van der Waals surface area contributed by atoms with E-state index in [1.165, 1.54) is 11.3 Å². The maximum Gasteiger partial charge on any atom is 0.328 e. The van der Waals surface area contributed by atoms with Gasteiger partial charge in [-0.2, -0.15) is 0 Å². The topological polar surface area (TPSA) is 44.0 Å². The molecule has 0 spiro atoms. The van der Waals surface area contributed by atoms with Gasteiger partial charge in [0.25, 0.3) is 0 Å². The second kappa shape index (κ2) is 5.36. The number of hydrogen-bond acceptors (Lipinski definition) is 3. The largest absolute Gasteiger partial charge is 0.328 e. The van der Waals surface area contributed by atoms with E-state index in [1.807, 2.05) is 17.5 Å². The van der Waals surface area contributed by atoms with Crippen molar-refractivity contribution in [2.45, 2.75) is 0 Å². The standard InChI is InChI=1S/C14H10BrIN2O2S/c1-17-10-4-8(13(19)7-3-12(16)21-6-7)9(15)5-11(10)18(2)14(17)20/h3-6H,1-2H3. The third-order valence-corrected chi connectivity index (χ3v) is 5.88. The summed E-state index contributed by atoms with van der Waals surface area (Å²) >= 11 is 7.18. The van der Waals surface area contributed by atoms with Gasteiger partial charge in [0.15, 0.2) is 5.78 Å². The van der Waals surface area contributed by atoms with Crippen LogP contribution in [-0.2, 0) is 14.1 Å². The zero-order valence-corrected chi connectivity index (χ0v) is 15.7. The van der Waals surface area contributed by atoms with Crippen molar-refractivity contribution >= 4 is 66.7 Å². The average molecular weight is 477 g/mol. The van der Waals surface area contributed by atoms with Gasteiger partial charge in [0.1, 0.15) is 0 Å². The molecule has 4 nitrogen and oxygen atoms in total. The lowest BCUT2D eigenvalue weighted by Crippen LogP contribution is -2.19. The van der Waals surface area contributed by atoms with E-state index >= 15 is 0 Å². The monoisotopic (exact) mass is 476 g/mol. The van der Waals surface area contributed by atoms with Crippen LogP contribution in [0.4, 0.5) is 0 Å². The minimum atomic E-state index is -0.105. The van der Waals surface area contributed by atoms with Crippen LogP contribution in [0.1, 0.15) is 15.9 Å². The van der Waals surface area contributed by atoms with Crippen LogP contribution in [0, 0.1) is 2.88 Å². The van der Waals surface area contributed by atoms with Gasteiger partial charge in [-0.15, -0.1) is 11.3 Å². The lowest BCUT2D eigenvalue weighted by molar-refractivity contribution is 0.103. The minimum absolute atomic E-state index is 0.0424. The quantitative estimate of drug-likeness (QED) is 0.419. The zero-order valence-electron chi connectivity index (χ0n) is 11.2. The number of benzene rings is 1. The van der Waals surface area contributed by atoms with E-state index in [9.17, 15) is 9.59 Å². The normalized spacial score (nSPS) is 11.2. The van der Waals surface area contributed by atoms with Crippen LogP contribution in [0.2, 0.25) is 0 Å². The number of aromatic nitrogens is 2. The molecule has 0 unspecified atom stereocenters. The molecule has 0 aliphatic heterocycles. The van der Waals surface area contributed by atoms with Crippen molar-refractivity contribution < 1.29 is 4.79 Å². The van der Waals surface area contributed by atoms with Gasteiger partial charge >= 0.3 is 5.69 Å². The predicted molar refractivity (Wildman–Crippen MR) is 96.3 cm³/mol. The molecule has 2 heterocycles. The number of carbonyl (C=O) groups excluding carboxylic acids is 1. The smallest absolute Gasteiger partial charge is 0.295 e. The maximum atomic E-state index is 12.6. The van der Waals surface area contributed by atoms with Crippen LogP contribution in [0.3, 0.4) is 0 Å². The average Bonchev–Trinajstić information content (AvgIpc) is 2.97. The number of thiophene rings is 1. The summed E-state index contributed by atoms with van der Waals surface area (Å²) in [5.74, 6) is -0.0424. The van der Waals surface area contributed by atoms with Crippen molar-refractivity contribution in [1.82, 2.24) is 9.13 Å². The molecule has 0 aliphatic rings. The molecule has 1 aromatic carbocycles. The second-order valence-corrected chi connectivity index (χ2v) is 8.35. The Hall–Kier alpha value is -0.930. The highest BCUT2D eigenvalue weighted by Crippen LogP contribution is 2.27. The first-order chi connectivity index (χ1) is 9.90. The van der Waals surface area contributed by atoms with Crippen molar-refractivity contribution in [3.8, 4) is 0 Å². The SMILES string of the molecule is Cn1c(=O)n(C)c2cc(C(=O)c3csc(I)c3)c(Br)cc21. The summed E-state index contributed by atoms with van der Waals surface area (Å²) in [7, 11) is 3.43. The van der Waals surface area contributed by atoms with Gasteiger partial charge in [0.05, 0.1) is 13.9 Å². The Kier molecular flexibility index (Phi) is 3.83. The molecule has 0 aliphatic carbocycles. The summed E-state index contributed by atoms with van der Waals surface area (Å²) in [6.07, 6.45) is 0. The van der Waals surface area contributed by atoms with E-state index in [0.29, 0.717) is 15.6 Å². The molecular weight excluding hydrogens is 467 g/mol. The highest BCUT2D eigenvalue weighted by Gasteiger charge is 2.18. The third-order valence-electron chi connectivity index (χ3n) is 3.44. The summed E-state index contributed by atoms with van der Waals surface area (Å²) in [5.41, 5.74) is 2.68. The first-order valence-corrected chi connectivity index (χ1v) is 8.79. The summed E-state index contributed by atoms with van der Waals surface area (Å²) in [6.45, 7) is 0. The fourth-order valence-electron chi connectivity index (χ4n) is 2.28. The lowest BCUT2D eigenvalue weighted by atomic mass is 10.1. The van der Waals surface area contributed by atoms with E-state index in [2.05, 4.69) is 38.5 Å². The van der Waals surface area contributed by atoms with E-state index in [1.54, 1.807) is 29.3 Å². The number of nitrogens with zero attached hydrogens (tertiary/aromatic N) is 2. The Morgan fingerprint density at radius 1 is 1.19 bits per heavy atom. The van der Waals surface area contributed by atoms with Gasteiger partial charge in [-0.05, 0) is 56.7 Å². The molecule has 7 heteroatoms. The van der Waals surface area contributed by atoms with Crippen LogP contribution in [-0.4, -0.2) is 14.9 Å². The first-order valence-electron chi connectivity index (χ1n) is 6.04. The zero-order chi connectivity index (χ0) is 15.3. The molecule has 2 aromatic heterocycles. The van der Waals surface area contributed by atoms with Crippen LogP contribution >= 0.6 is 49.9 Å². The number of halogens is 2. The molecule has 0 saturated heterocycles. The van der Waals surface area contributed by atoms with Crippen molar-refractivity contribution in [1.29, 1.82) is 0 Å². The molecule has 0 N–H and O–H groups in total. The van der Waals surface area contributed by atoms with Crippen LogP contribution < -0.4 is 5.69 Å². The molecule has 3 rings (SSSR count). The van der Waals surface area contributed by atoms with Crippen LogP contribution in [0.15, 0.2) is 32.8 Å². The van der Waals surface area contributed by atoms with Gasteiger partial charge in [0.2, 0.25) is 0 Å². The fraction of sp³-hybridized carbons (Fsp3) is 0.143. The summed E-state index contributed by atoms with van der Waals surface area (Å²) in [4.78, 5) is 24.6. The first kappa shape index (κ1) is 15.0. The Labute approximate surface area is 146 Å². The minimum Gasteiger partial charge on any atom is -0.295 e. The maximum absolute atomic E-state index is 12.6. The molecule has 108 valence electrons. The second-order valence-electron chi connectivity index (χ2n) is 4.69. The number of rotatable bonds is 2. The van der Waals surface area contributed by atoms with Crippen molar-refractivity contribution in [2.75, 3.05) is 0 Å². The molecule has 0 radical (unpaired) electrons. The molecule has 3 aromatic rings. The van der Waals surface area contributed by atoms with Crippen molar-refractivity contribution in [3.63, 3.8) is 0 Å². The molecule has 0 bridgehead atoms. The van der Waals surface area contributed by atoms with Crippen LogP contribution in [0.25, 0.3) is 11.0 Å². The van der Waals surface area contributed by atoms with Crippen molar-refractivity contribution in [3.05, 3.63) is 52.5 Å². The number of imidazole rings is 1. The lowest BCUT2D eigenvalue weighted by Gasteiger charge is -2.04. The van der Waals surface area contributed by atoms with Gasteiger partial charge in [-0.1, -0.05) is 0 Å². The Morgan fingerprint density at radius 2 is 1.81 bits per heavy atom. The number of hydrogen-bond donors (Lipinski definition) is 0. The van der Waals surface area contributed by atoms with Gasteiger partial charge < -0.3 is 0 Å². The van der Waals surface area contributed by atoms with E-state index in [-0.39, 0.29) is 11.5 Å². The fourth-order valence-corrected chi connectivity index (χ4v) is 4.12. The molecule has 21 heavy (non-hydrogen) atoms. The molecular formula is C14H10BrIN2O2S. The molecule has 0 saturated carbocycles. The highest BCUT2D eigenvalue weighted by molar-refractivity contribution is 14.1. The van der Waals surface area contributed by atoms with Gasteiger partial charge in [0, 0.05) is 35.1 Å². The third kappa shape index (κ3) is 2.40. The van der Waals surface area contributed by atoms with Crippen LogP contribution in [0.5, 0.6) is 0 Å². The summed E-state index contributed by atoms with van der Waals surface area (Å²) < 4.78 is 4.89. The van der Waals surface area contributed by atoms with E-state index in [0.717, 1.165) is 13.9 Å². The number of fused-ring (bicyclic) bond motifs is 1. The Balaban J connectivity index is 2.24. The summed E-state index contributed by atoms with van der Waals surface area (Å²) in [5, 5.41) is 1.85. The Bertz CT molecular complexity index is 938. The van der Waals surface area contributed by atoms with Crippen molar-refractivity contribution in [2.24, 2.45) is 14.1 Å². The summed E-state index contributed by atoms with van der Waals surface area (Å²) in [6, 6.07) is 5.46. The van der Waals surface area contributed by atoms with E-state index in [4.69, 9.17) is 0 Å². The highest BCUT2D eigenvalue weighted by atomic mass is 127. The van der Waals surface area contributed by atoms with Gasteiger partial charge in [-0.3, -0.25) is 13.9 Å². The molecule has 0 atom stereocenters. The molecule has 0 fully saturated rings. The predicted octanol–water partition coefficient (Wildman–Crippen LogP) is 3.54. The number of ketones is 1. The number of aryl methyl sites for hydroxylation is 2. The molecule has 0 amide bonds.